The predicted octanol–water partition coefficient (Wildman–Crippen LogP) is 2.11. The molecular weight excluding hydrogens is 428 g/mol. The van der Waals surface area contributed by atoms with Gasteiger partial charge in [-0.15, -0.1) is 15.3 Å². The Bertz CT molecular complexity index is 1400. The molecule has 0 spiro atoms. The van der Waals surface area contributed by atoms with Crippen LogP contribution in [0.4, 0.5) is 5.69 Å². The van der Waals surface area contributed by atoms with E-state index in [2.05, 4.69) is 36.0 Å². The number of nitrogens with one attached hydrogen (secondary N) is 1. The van der Waals surface area contributed by atoms with E-state index in [1.54, 1.807) is 24.0 Å². The van der Waals surface area contributed by atoms with Gasteiger partial charge in [-0.05, 0) is 46.8 Å². The van der Waals surface area contributed by atoms with E-state index in [9.17, 15) is 4.79 Å². The minimum Gasteiger partial charge on any atom is -0.325 e. The predicted molar refractivity (Wildman–Crippen MR) is 118 cm³/mol. The number of anilines is 1. The highest BCUT2D eigenvalue weighted by atomic mass is 32.2. The second-order valence-corrected chi connectivity index (χ2v) is 7.69. The standard InChI is InChI=1S/C20H16N10OS/c1-29-20(25-27-28-29)32-12-18(31)22-15-4-2-3-14(11-15)16-5-6-17-23-24-19(30(17)26-16)13-7-9-21-10-8-13/h2-11H,12H2,1H3,(H,22,31). The smallest absolute Gasteiger partial charge is 0.234 e. The number of hydrogen-bond donors (Lipinski definition) is 1. The van der Waals surface area contributed by atoms with Crippen LogP contribution in [0.25, 0.3) is 28.3 Å². The van der Waals surface area contributed by atoms with Crippen molar-refractivity contribution < 1.29 is 4.79 Å². The van der Waals surface area contributed by atoms with Gasteiger partial charge in [-0.3, -0.25) is 9.78 Å². The molecule has 4 aromatic heterocycles. The molecule has 1 aromatic carbocycles. The Morgan fingerprint density at radius 3 is 2.72 bits per heavy atom. The number of aromatic nitrogens is 9. The van der Waals surface area contributed by atoms with Crippen molar-refractivity contribution in [2.24, 2.45) is 7.05 Å². The van der Waals surface area contributed by atoms with Crippen LogP contribution in [0.3, 0.4) is 0 Å². The largest absolute Gasteiger partial charge is 0.325 e. The second-order valence-electron chi connectivity index (χ2n) is 6.75. The quantitative estimate of drug-likeness (QED) is 0.391. The summed E-state index contributed by atoms with van der Waals surface area (Å²) in [6.45, 7) is 0. The van der Waals surface area contributed by atoms with Crippen LogP contribution in [0.1, 0.15) is 0 Å². The lowest BCUT2D eigenvalue weighted by atomic mass is 10.1. The molecule has 0 fully saturated rings. The van der Waals surface area contributed by atoms with Gasteiger partial charge in [0.15, 0.2) is 11.5 Å². The molecule has 0 aliphatic heterocycles. The summed E-state index contributed by atoms with van der Waals surface area (Å²) in [7, 11) is 1.73. The van der Waals surface area contributed by atoms with E-state index in [4.69, 9.17) is 5.10 Å². The molecule has 4 heterocycles. The molecule has 5 rings (SSSR count). The maximum Gasteiger partial charge on any atom is 0.234 e. The number of thioether (sulfide) groups is 1. The fourth-order valence-corrected chi connectivity index (χ4v) is 3.70. The van der Waals surface area contributed by atoms with E-state index in [0.717, 1.165) is 16.8 Å². The van der Waals surface area contributed by atoms with Gasteiger partial charge in [0, 0.05) is 36.3 Å². The summed E-state index contributed by atoms with van der Waals surface area (Å²) in [4.78, 5) is 16.4. The lowest BCUT2D eigenvalue weighted by molar-refractivity contribution is -0.113. The van der Waals surface area contributed by atoms with Gasteiger partial charge in [0.2, 0.25) is 11.1 Å². The number of pyridine rings is 1. The first-order chi connectivity index (χ1) is 15.7. The van der Waals surface area contributed by atoms with Crippen molar-refractivity contribution in [1.29, 1.82) is 0 Å². The number of aryl methyl sites for hydroxylation is 1. The second kappa shape index (κ2) is 8.51. The first-order valence-corrected chi connectivity index (χ1v) is 10.5. The Morgan fingerprint density at radius 2 is 1.91 bits per heavy atom. The van der Waals surface area contributed by atoms with E-state index in [-0.39, 0.29) is 11.7 Å². The van der Waals surface area contributed by atoms with Crippen molar-refractivity contribution in [3.63, 3.8) is 0 Å². The Balaban J connectivity index is 1.37. The Morgan fingerprint density at radius 1 is 1.03 bits per heavy atom. The molecule has 1 N–H and O–H groups in total. The van der Waals surface area contributed by atoms with Crippen LogP contribution in [0.15, 0.2) is 66.1 Å². The molecule has 0 bridgehead atoms. The molecule has 12 heteroatoms. The minimum atomic E-state index is -0.155. The highest BCUT2D eigenvalue weighted by Gasteiger charge is 2.12. The van der Waals surface area contributed by atoms with Crippen LogP contribution >= 0.6 is 11.8 Å². The topological polar surface area (TPSA) is 129 Å². The van der Waals surface area contributed by atoms with E-state index in [1.165, 1.54) is 16.4 Å². The van der Waals surface area contributed by atoms with E-state index >= 15 is 0 Å². The normalized spacial score (nSPS) is 11.0. The van der Waals surface area contributed by atoms with E-state index in [1.807, 2.05) is 48.5 Å². The zero-order valence-electron chi connectivity index (χ0n) is 16.8. The van der Waals surface area contributed by atoms with Crippen LogP contribution in [0, 0.1) is 0 Å². The summed E-state index contributed by atoms with van der Waals surface area (Å²) in [6, 6.07) is 14.9. The molecule has 0 radical (unpaired) electrons. The number of tetrazole rings is 1. The van der Waals surface area contributed by atoms with Crippen LogP contribution < -0.4 is 5.32 Å². The zero-order valence-corrected chi connectivity index (χ0v) is 17.6. The SMILES string of the molecule is Cn1nnnc1SCC(=O)Nc1cccc(-c2ccc3nnc(-c4ccncc4)n3n2)c1. The molecule has 32 heavy (non-hydrogen) atoms. The average Bonchev–Trinajstić information content (AvgIpc) is 3.44. The fraction of sp³-hybridized carbons (Fsp3) is 0.100. The molecule has 5 aromatic rings. The summed E-state index contributed by atoms with van der Waals surface area (Å²) in [5, 5.41) is 27.8. The van der Waals surface area contributed by atoms with Crippen molar-refractivity contribution >= 4 is 29.0 Å². The van der Waals surface area contributed by atoms with Crippen LogP contribution in [0.5, 0.6) is 0 Å². The molecule has 0 aliphatic carbocycles. The third-order valence-electron chi connectivity index (χ3n) is 4.56. The summed E-state index contributed by atoms with van der Waals surface area (Å²) >= 11 is 1.26. The molecule has 0 saturated carbocycles. The maximum atomic E-state index is 12.4. The van der Waals surface area contributed by atoms with Gasteiger partial charge in [0.05, 0.1) is 11.4 Å². The summed E-state index contributed by atoms with van der Waals surface area (Å²) < 4.78 is 3.22. The van der Waals surface area contributed by atoms with Crippen LogP contribution in [-0.2, 0) is 11.8 Å². The Labute approximate surface area is 185 Å². The molecule has 0 saturated heterocycles. The molecule has 158 valence electrons. The number of benzene rings is 1. The number of nitrogens with zero attached hydrogens (tertiary/aromatic N) is 9. The molecular formula is C20H16N10OS. The van der Waals surface area contributed by atoms with Gasteiger partial charge in [0.1, 0.15) is 0 Å². The first-order valence-electron chi connectivity index (χ1n) is 9.56. The number of carbonyl (C=O) groups is 1. The Kier molecular flexibility index (Phi) is 5.25. The minimum absolute atomic E-state index is 0.155. The van der Waals surface area contributed by atoms with Gasteiger partial charge >= 0.3 is 0 Å². The van der Waals surface area contributed by atoms with Crippen LogP contribution in [0.2, 0.25) is 0 Å². The van der Waals surface area contributed by atoms with Gasteiger partial charge < -0.3 is 5.32 Å². The van der Waals surface area contributed by atoms with E-state index < -0.39 is 0 Å². The summed E-state index contributed by atoms with van der Waals surface area (Å²) in [5.41, 5.74) is 3.76. The zero-order chi connectivity index (χ0) is 21.9. The Hall–Kier alpha value is -4.19. The molecule has 0 unspecified atom stereocenters. The van der Waals surface area contributed by atoms with E-state index in [0.29, 0.717) is 22.3 Å². The van der Waals surface area contributed by atoms with Crippen molar-refractivity contribution in [3.05, 3.63) is 60.9 Å². The lowest BCUT2D eigenvalue weighted by Gasteiger charge is -2.08. The van der Waals surface area contributed by atoms with Crippen molar-refractivity contribution in [1.82, 2.24) is 45.0 Å². The number of rotatable bonds is 6. The van der Waals surface area contributed by atoms with Crippen molar-refractivity contribution in [2.45, 2.75) is 5.16 Å². The average molecular weight is 444 g/mol. The molecule has 0 atom stereocenters. The van der Waals surface area contributed by atoms with Crippen molar-refractivity contribution in [2.75, 3.05) is 11.1 Å². The van der Waals surface area contributed by atoms with Gasteiger partial charge in [-0.2, -0.15) is 9.61 Å². The number of hydrogen-bond acceptors (Lipinski definition) is 9. The highest BCUT2D eigenvalue weighted by molar-refractivity contribution is 7.99. The van der Waals surface area contributed by atoms with Crippen LogP contribution in [-0.4, -0.2) is 56.7 Å². The maximum absolute atomic E-state index is 12.4. The third kappa shape index (κ3) is 4.03. The molecule has 11 nitrogen and oxygen atoms in total. The lowest BCUT2D eigenvalue weighted by Crippen LogP contribution is -2.14. The van der Waals surface area contributed by atoms with Gasteiger partial charge in [0.25, 0.3) is 0 Å². The third-order valence-corrected chi connectivity index (χ3v) is 5.57. The monoisotopic (exact) mass is 444 g/mol. The van der Waals surface area contributed by atoms with Crippen molar-refractivity contribution in [3.8, 4) is 22.6 Å². The fourth-order valence-electron chi connectivity index (χ4n) is 3.05. The first kappa shape index (κ1) is 19.8. The molecule has 1 amide bonds. The number of amides is 1. The number of fused-ring (bicyclic) bond motifs is 1. The number of carbonyl (C=O) groups excluding carboxylic acids is 1. The van der Waals surface area contributed by atoms with Gasteiger partial charge in [-0.25, -0.2) is 4.68 Å². The molecule has 0 aliphatic rings. The highest BCUT2D eigenvalue weighted by Crippen LogP contribution is 2.23. The van der Waals surface area contributed by atoms with Gasteiger partial charge in [-0.1, -0.05) is 23.9 Å². The summed E-state index contributed by atoms with van der Waals surface area (Å²) in [5.74, 6) is 0.667. The summed E-state index contributed by atoms with van der Waals surface area (Å²) in [6.07, 6.45) is 3.40.